The first-order chi connectivity index (χ1) is 12.2. The summed E-state index contributed by atoms with van der Waals surface area (Å²) in [5.41, 5.74) is 3.33. The highest BCUT2D eigenvalue weighted by molar-refractivity contribution is 6.33. The molecule has 0 saturated heterocycles. The molecule has 2 heterocycles. The van der Waals surface area contributed by atoms with E-state index in [0.29, 0.717) is 23.1 Å². The second kappa shape index (κ2) is 6.53. The number of halogens is 1. The van der Waals surface area contributed by atoms with Gasteiger partial charge in [0, 0.05) is 24.6 Å². The molecule has 0 saturated carbocycles. The third-order valence-corrected chi connectivity index (χ3v) is 4.48. The molecule has 124 valence electrons. The second-order valence-electron chi connectivity index (χ2n) is 5.74. The number of aromatic nitrogens is 2. The monoisotopic (exact) mass is 350 g/mol. The molecule has 1 aromatic heterocycles. The van der Waals surface area contributed by atoms with E-state index >= 15 is 0 Å². The minimum Gasteiger partial charge on any atom is -0.323 e. The van der Waals surface area contributed by atoms with Crippen LogP contribution in [0.15, 0.2) is 60.9 Å². The van der Waals surface area contributed by atoms with Crippen LogP contribution in [0, 0.1) is 0 Å². The third kappa shape index (κ3) is 3.06. The average Bonchev–Trinajstić information content (AvgIpc) is 3.08. The molecular formula is C19H15ClN4O. The zero-order valence-electron chi connectivity index (χ0n) is 13.3. The molecule has 0 spiro atoms. The summed E-state index contributed by atoms with van der Waals surface area (Å²) in [7, 11) is 0. The molecule has 1 aliphatic heterocycles. The van der Waals surface area contributed by atoms with Crippen LogP contribution in [0.4, 0.5) is 17.3 Å². The number of para-hydroxylation sites is 2. The minimum absolute atomic E-state index is 0.0887. The van der Waals surface area contributed by atoms with Crippen molar-refractivity contribution in [3.05, 3.63) is 77.1 Å². The number of carbonyl (C=O) groups is 1. The SMILES string of the molecule is O=C(c1cnc(Nc2ccccc2Cl)nc1)N1CCc2ccccc21. The van der Waals surface area contributed by atoms with Crippen LogP contribution in [-0.2, 0) is 6.42 Å². The van der Waals surface area contributed by atoms with Gasteiger partial charge in [-0.1, -0.05) is 41.9 Å². The summed E-state index contributed by atoms with van der Waals surface area (Å²) >= 11 is 6.11. The summed E-state index contributed by atoms with van der Waals surface area (Å²) in [5.74, 6) is 0.306. The Bertz CT molecular complexity index is 927. The summed E-state index contributed by atoms with van der Waals surface area (Å²) in [5, 5.41) is 3.63. The summed E-state index contributed by atoms with van der Waals surface area (Å²) in [6.07, 6.45) is 3.94. The van der Waals surface area contributed by atoms with Crippen molar-refractivity contribution >= 4 is 34.8 Å². The lowest BCUT2D eigenvalue weighted by Gasteiger charge is -2.17. The predicted octanol–water partition coefficient (Wildman–Crippen LogP) is 4.08. The first-order valence-electron chi connectivity index (χ1n) is 7.96. The van der Waals surface area contributed by atoms with Gasteiger partial charge in [-0.3, -0.25) is 4.79 Å². The van der Waals surface area contributed by atoms with Crippen LogP contribution in [-0.4, -0.2) is 22.4 Å². The fraction of sp³-hybridized carbons (Fsp3) is 0.105. The Balaban J connectivity index is 1.53. The third-order valence-electron chi connectivity index (χ3n) is 4.15. The smallest absolute Gasteiger partial charge is 0.261 e. The van der Waals surface area contributed by atoms with Crippen LogP contribution in [0.3, 0.4) is 0 Å². The number of hydrogen-bond donors (Lipinski definition) is 1. The molecule has 1 aliphatic rings. The van der Waals surface area contributed by atoms with Gasteiger partial charge in [-0.25, -0.2) is 9.97 Å². The van der Waals surface area contributed by atoms with E-state index < -0.39 is 0 Å². The zero-order chi connectivity index (χ0) is 17.2. The van der Waals surface area contributed by atoms with Crippen molar-refractivity contribution in [3.8, 4) is 0 Å². The van der Waals surface area contributed by atoms with E-state index in [0.717, 1.165) is 17.8 Å². The Morgan fingerprint density at radius 1 is 1.04 bits per heavy atom. The molecule has 0 aliphatic carbocycles. The molecule has 3 aromatic rings. The number of amides is 1. The Hall–Kier alpha value is -2.92. The molecule has 0 fully saturated rings. The number of benzene rings is 2. The molecule has 1 amide bonds. The highest BCUT2D eigenvalue weighted by atomic mass is 35.5. The molecule has 0 unspecified atom stereocenters. The predicted molar refractivity (Wildman–Crippen MR) is 98.6 cm³/mol. The maximum absolute atomic E-state index is 12.7. The van der Waals surface area contributed by atoms with E-state index in [1.807, 2.05) is 36.4 Å². The number of rotatable bonds is 3. The summed E-state index contributed by atoms with van der Waals surface area (Å²) in [4.78, 5) is 23.0. The molecule has 4 rings (SSSR count). The normalized spacial score (nSPS) is 12.8. The maximum Gasteiger partial charge on any atom is 0.261 e. The van der Waals surface area contributed by atoms with Gasteiger partial charge in [0.05, 0.1) is 16.3 Å². The fourth-order valence-electron chi connectivity index (χ4n) is 2.89. The van der Waals surface area contributed by atoms with Gasteiger partial charge in [-0.2, -0.15) is 0 Å². The average molecular weight is 351 g/mol. The minimum atomic E-state index is -0.0887. The number of anilines is 3. The standard InChI is InChI=1S/C19H15ClN4O/c20-15-6-2-3-7-16(15)23-19-21-11-14(12-22-19)18(25)24-10-9-13-5-1-4-8-17(13)24/h1-8,11-12H,9-10H2,(H,21,22,23). The van der Waals surface area contributed by atoms with Crippen molar-refractivity contribution in [2.75, 3.05) is 16.8 Å². The van der Waals surface area contributed by atoms with E-state index in [1.165, 1.54) is 18.0 Å². The number of hydrogen-bond acceptors (Lipinski definition) is 4. The van der Waals surface area contributed by atoms with Crippen molar-refractivity contribution < 1.29 is 4.79 Å². The van der Waals surface area contributed by atoms with Crippen LogP contribution in [0.1, 0.15) is 15.9 Å². The molecule has 2 aromatic carbocycles. The number of carbonyl (C=O) groups excluding carboxylic acids is 1. The first kappa shape index (κ1) is 15.6. The van der Waals surface area contributed by atoms with Gasteiger partial charge in [0.2, 0.25) is 5.95 Å². The maximum atomic E-state index is 12.7. The largest absolute Gasteiger partial charge is 0.323 e. The summed E-state index contributed by atoms with van der Waals surface area (Å²) < 4.78 is 0. The molecule has 0 atom stereocenters. The van der Waals surface area contributed by atoms with Crippen molar-refractivity contribution in [3.63, 3.8) is 0 Å². The summed E-state index contributed by atoms with van der Waals surface area (Å²) in [6, 6.07) is 15.3. The highest BCUT2D eigenvalue weighted by Gasteiger charge is 2.25. The molecule has 6 heteroatoms. The van der Waals surface area contributed by atoms with Crippen molar-refractivity contribution in [1.29, 1.82) is 0 Å². The topological polar surface area (TPSA) is 58.1 Å². The van der Waals surface area contributed by atoms with Crippen molar-refractivity contribution in [2.24, 2.45) is 0 Å². The fourth-order valence-corrected chi connectivity index (χ4v) is 3.07. The quantitative estimate of drug-likeness (QED) is 0.773. The van der Waals surface area contributed by atoms with E-state index in [9.17, 15) is 4.79 Å². The van der Waals surface area contributed by atoms with Crippen LogP contribution < -0.4 is 10.2 Å². The van der Waals surface area contributed by atoms with Gasteiger partial charge in [0.25, 0.3) is 5.91 Å². The Labute approximate surface area is 150 Å². The van der Waals surface area contributed by atoms with Crippen LogP contribution >= 0.6 is 11.6 Å². The van der Waals surface area contributed by atoms with Gasteiger partial charge >= 0.3 is 0 Å². The van der Waals surface area contributed by atoms with Gasteiger partial charge in [-0.15, -0.1) is 0 Å². The molecule has 0 radical (unpaired) electrons. The Morgan fingerprint density at radius 2 is 1.76 bits per heavy atom. The molecule has 0 bridgehead atoms. The van der Waals surface area contributed by atoms with E-state index in [1.54, 1.807) is 11.0 Å². The number of nitrogens with one attached hydrogen (secondary N) is 1. The molecule has 5 nitrogen and oxygen atoms in total. The van der Waals surface area contributed by atoms with Crippen LogP contribution in [0.2, 0.25) is 5.02 Å². The Morgan fingerprint density at radius 3 is 2.56 bits per heavy atom. The number of nitrogens with zero attached hydrogens (tertiary/aromatic N) is 3. The molecule has 1 N–H and O–H groups in total. The number of fused-ring (bicyclic) bond motifs is 1. The summed E-state index contributed by atoms with van der Waals surface area (Å²) in [6.45, 7) is 0.678. The molecule has 25 heavy (non-hydrogen) atoms. The van der Waals surface area contributed by atoms with E-state index in [2.05, 4.69) is 21.4 Å². The lowest BCUT2D eigenvalue weighted by molar-refractivity contribution is 0.0988. The second-order valence-corrected chi connectivity index (χ2v) is 6.14. The van der Waals surface area contributed by atoms with Crippen LogP contribution in [0.25, 0.3) is 0 Å². The highest BCUT2D eigenvalue weighted by Crippen LogP contribution is 2.29. The Kier molecular flexibility index (Phi) is 4.07. The van der Waals surface area contributed by atoms with Gasteiger partial charge in [-0.05, 0) is 30.2 Å². The van der Waals surface area contributed by atoms with E-state index in [-0.39, 0.29) is 5.91 Å². The van der Waals surface area contributed by atoms with Crippen LogP contribution in [0.5, 0.6) is 0 Å². The van der Waals surface area contributed by atoms with E-state index in [4.69, 9.17) is 11.6 Å². The van der Waals surface area contributed by atoms with Gasteiger partial charge in [0.1, 0.15) is 0 Å². The van der Waals surface area contributed by atoms with Gasteiger partial charge in [0.15, 0.2) is 0 Å². The zero-order valence-corrected chi connectivity index (χ0v) is 14.1. The van der Waals surface area contributed by atoms with Crippen molar-refractivity contribution in [2.45, 2.75) is 6.42 Å². The lowest BCUT2D eigenvalue weighted by Crippen LogP contribution is -2.29. The first-order valence-corrected chi connectivity index (χ1v) is 8.33. The van der Waals surface area contributed by atoms with Gasteiger partial charge < -0.3 is 10.2 Å². The lowest BCUT2D eigenvalue weighted by atomic mass is 10.2. The van der Waals surface area contributed by atoms with Crippen molar-refractivity contribution in [1.82, 2.24) is 9.97 Å². The molecular weight excluding hydrogens is 336 g/mol.